The number of thiophene rings is 1. The summed E-state index contributed by atoms with van der Waals surface area (Å²) in [5.41, 5.74) is 3.38. The molecular formula is C20H18N2O4S. The fraction of sp³-hybridized carbons (Fsp3) is 0.250. The number of hydrogen-bond donors (Lipinski definition) is 1. The average Bonchev–Trinajstić information content (AvgIpc) is 3.31. The third kappa shape index (κ3) is 3.38. The standard InChI is InChI=1S/C20H18N2O4S/c1-12-16(21-19(26-12)15-6-7-27-11-15)9-18(23)22-10-14-5-3-2-4-13(14)8-17(22)20(24)25/h2-7,11,17H,8-10H2,1H3,(H,24,25). The number of fused-ring (bicyclic) bond motifs is 1. The topological polar surface area (TPSA) is 83.6 Å². The lowest BCUT2D eigenvalue weighted by atomic mass is 9.93. The molecule has 7 heteroatoms. The SMILES string of the molecule is Cc1oc(-c2ccsc2)nc1CC(=O)N1Cc2ccccc2CC1C(=O)O. The fourth-order valence-electron chi connectivity index (χ4n) is 3.35. The molecule has 27 heavy (non-hydrogen) atoms. The number of carboxylic acid groups (broad SMARTS) is 1. The van der Waals surface area contributed by atoms with Gasteiger partial charge >= 0.3 is 5.97 Å². The van der Waals surface area contributed by atoms with Gasteiger partial charge in [0.25, 0.3) is 0 Å². The number of benzene rings is 1. The van der Waals surface area contributed by atoms with Gasteiger partial charge in [0.1, 0.15) is 11.8 Å². The Kier molecular flexibility index (Phi) is 4.53. The number of aromatic nitrogens is 1. The van der Waals surface area contributed by atoms with Gasteiger partial charge in [0.2, 0.25) is 11.8 Å². The first-order chi connectivity index (χ1) is 13.0. The molecule has 2 aromatic heterocycles. The van der Waals surface area contributed by atoms with Crippen LogP contribution in [-0.4, -0.2) is 32.9 Å². The van der Waals surface area contributed by atoms with Crippen molar-refractivity contribution in [2.24, 2.45) is 0 Å². The van der Waals surface area contributed by atoms with Gasteiger partial charge in [-0.05, 0) is 29.5 Å². The van der Waals surface area contributed by atoms with Crippen LogP contribution in [-0.2, 0) is 29.0 Å². The molecule has 6 nitrogen and oxygen atoms in total. The van der Waals surface area contributed by atoms with Gasteiger partial charge in [0.15, 0.2) is 0 Å². The van der Waals surface area contributed by atoms with Crippen LogP contribution in [0.3, 0.4) is 0 Å². The summed E-state index contributed by atoms with van der Waals surface area (Å²) in [4.78, 5) is 30.5. The van der Waals surface area contributed by atoms with Crippen LogP contribution in [0, 0.1) is 6.92 Å². The zero-order valence-corrected chi connectivity index (χ0v) is 15.5. The number of hydrogen-bond acceptors (Lipinski definition) is 5. The Balaban J connectivity index is 1.58. The molecule has 1 N–H and O–H groups in total. The van der Waals surface area contributed by atoms with E-state index in [9.17, 15) is 14.7 Å². The fourth-order valence-corrected chi connectivity index (χ4v) is 3.98. The molecule has 0 bridgehead atoms. The van der Waals surface area contributed by atoms with Crippen molar-refractivity contribution in [2.75, 3.05) is 0 Å². The zero-order chi connectivity index (χ0) is 19.0. The molecule has 0 radical (unpaired) electrons. The Morgan fingerprint density at radius 3 is 2.78 bits per heavy atom. The van der Waals surface area contributed by atoms with E-state index in [1.54, 1.807) is 18.3 Å². The zero-order valence-electron chi connectivity index (χ0n) is 14.7. The number of carbonyl (C=O) groups is 2. The minimum atomic E-state index is -0.992. The minimum Gasteiger partial charge on any atom is -0.480 e. The van der Waals surface area contributed by atoms with E-state index in [0.29, 0.717) is 30.3 Å². The minimum absolute atomic E-state index is 0.0193. The van der Waals surface area contributed by atoms with Gasteiger partial charge in [-0.25, -0.2) is 9.78 Å². The maximum Gasteiger partial charge on any atom is 0.326 e. The van der Waals surface area contributed by atoms with Crippen molar-refractivity contribution >= 4 is 23.2 Å². The monoisotopic (exact) mass is 382 g/mol. The Hall–Kier alpha value is -2.93. The van der Waals surface area contributed by atoms with E-state index in [1.165, 1.54) is 4.90 Å². The van der Waals surface area contributed by atoms with Crippen LogP contribution >= 0.6 is 11.3 Å². The molecule has 138 valence electrons. The van der Waals surface area contributed by atoms with Crippen molar-refractivity contribution in [1.82, 2.24) is 9.88 Å². The average molecular weight is 382 g/mol. The number of aliphatic carboxylic acids is 1. The molecular weight excluding hydrogens is 364 g/mol. The molecule has 1 amide bonds. The van der Waals surface area contributed by atoms with Gasteiger partial charge in [-0.3, -0.25) is 4.79 Å². The maximum atomic E-state index is 12.9. The third-order valence-corrected chi connectivity index (χ3v) is 5.52. The van der Waals surface area contributed by atoms with E-state index >= 15 is 0 Å². The van der Waals surface area contributed by atoms with Gasteiger partial charge in [0.05, 0.1) is 12.1 Å². The molecule has 0 saturated carbocycles. The van der Waals surface area contributed by atoms with E-state index in [2.05, 4.69) is 4.98 Å². The molecule has 1 unspecified atom stereocenters. The largest absolute Gasteiger partial charge is 0.480 e. The lowest BCUT2D eigenvalue weighted by Gasteiger charge is -2.34. The number of carboxylic acids is 1. The van der Waals surface area contributed by atoms with E-state index < -0.39 is 12.0 Å². The number of amides is 1. The second-order valence-corrected chi connectivity index (χ2v) is 7.34. The Morgan fingerprint density at radius 1 is 1.30 bits per heavy atom. The quantitative estimate of drug-likeness (QED) is 0.749. The highest BCUT2D eigenvalue weighted by Gasteiger charge is 2.34. The first-order valence-corrected chi connectivity index (χ1v) is 9.55. The molecule has 1 aliphatic heterocycles. The van der Waals surface area contributed by atoms with Crippen molar-refractivity contribution in [3.8, 4) is 11.5 Å². The molecule has 1 atom stereocenters. The lowest BCUT2D eigenvalue weighted by Crippen LogP contribution is -2.49. The van der Waals surface area contributed by atoms with Crippen molar-refractivity contribution in [1.29, 1.82) is 0 Å². The molecule has 4 rings (SSSR count). The summed E-state index contributed by atoms with van der Waals surface area (Å²) in [5, 5.41) is 13.5. The molecule has 0 fully saturated rings. The molecule has 1 aliphatic rings. The predicted molar refractivity (Wildman–Crippen MR) is 100 cm³/mol. The smallest absolute Gasteiger partial charge is 0.326 e. The van der Waals surface area contributed by atoms with Crippen molar-refractivity contribution in [2.45, 2.75) is 32.4 Å². The first-order valence-electron chi connectivity index (χ1n) is 8.61. The molecule has 3 aromatic rings. The molecule has 0 spiro atoms. The maximum absolute atomic E-state index is 12.9. The second kappa shape index (κ2) is 7.00. The van der Waals surface area contributed by atoms with Crippen LogP contribution in [0.2, 0.25) is 0 Å². The van der Waals surface area contributed by atoms with Crippen LogP contribution < -0.4 is 0 Å². The van der Waals surface area contributed by atoms with Gasteiger partial charge < -0.3 is 14.4 Å². The van der Waals surface area contributed by atoms with Crippen LogP contribution in [0.4, 0.5) is 0 Å². The second-order valence-electron chi connectivity index (χ2n) is 6.56. The number of aryl methyl sites for hydroxylation is 1. The van der Waals surface area contributed by atoms with Gasteiger partial charge in [-0.2, -0.15) is 11.3 Å². The number of nitrogens with zero attached hydrogens (tertiary/aromatic N) is 2. The molecule has 0 aliphatic carbocycles. The van der Waals surface area contributed by atoms with Crippen molar-refractivity contribution < 1.29 is 19.1 Å². The highest BCUT2D eigenvalue weighted by Crippen LogP contribution is 2.27. The van der Waals surface area contributed by atoms with Crippen molar-refractivity contribution in [3.05, 3.63) is 63.7 Å². The third-order valence-electron chi connectivity index (χ3n) is 4.83. The number of rotatable bonds is 4. The van der Waals surface area contributed by atoms with Crippen LogP contribution in [0.15, 0.2) is 45.5 Å². The predicted octanol–water partition coefficient (Wildman–Crippen LogP) is 3.29. The van der Waals surface area contributed by atoms with E-state index in [4.69, 9.17) is 4.42 Å². The summed E-state index contributed by atoms with van der Waals surface area (Å²) in [6.07, 6.45) is 0.334. The molecule has 0 saturated heterocycles. The Morgan fingerprint density at radius 2 is 2.07 bits per heavy atom. The number of oxazole rings is 1. The van der Waals surface area contributed by atoms with Gasteiger partial charge in [-0.1, -0.05) is 24.3 Å². The normalized spacial score (nSPS) is 16.2. The number of carbonyl (C=O) groups excluding carboxylic acids is 1. The first kappa shape index (κ1) is 17.5. The van der Waals surface area contributed by atoms with Crippen molar-refractivity contribution in [3.63, 3.8) is 0 Å². The van der Waals surface area contributed by atoms with Gasteiger partial charge in [-0.15, -0.1) is 0 Å². The summed E-state index contributed by atoms with van der Waals surface area (Å²) in [6, 6.07) is 8.68. The summed E-state index contributed by atoms with van der Waals surface area (Å²) < 4.78 is 5.69. The highest BCUT2D eigenvalue weighted by molar-refractivity contribution is 7.08. The van der Waals surface area contributed by atoms with Crippen LogP contribution in [0.1, 0.15) is 22.6 Å². The van der Waals surface area contributed by atoms with Gasteiger partial charge in [0, 0.05) is 23.9 Å². The lowest BCUT2D eigenvalue weighted by molar-refractivity contribution is -0.151. The van der Waals surface area contributed by atoms with Crippen LogP contribution in [0.5, 0.6) is 0 Å². The highest BCUT2D eigenvalue weighted by atomic mass is 32.1. The summed E-state index contributed by atoms with van der Waals surface area (Å²) in [5.74, 6) is -0.192. The van der Waals surface area contributed by atoms with E-state index in [0.717, 1.165) is 16.7 Å². The molecule has 3 heterocycles. The summed E-state index contributed by atoms with van der Waals surface area (Å²) >= 11 is 1.54. The van der Waals surface area contributed by atoms with E-state index in [-0.39, 0.29) is 12.3 Å². The summed E-state index contributed by atoms with van der Waals surface area (Å²) in [6.45, 7) is 2.06. The Bertz CT molecular complexity index is 993. The molecule has 1 aromatic carbocycles. The summed E-state index contributed by atoms with van der Waals surface area (Å²) in [7, 11) is 0. The van der Waals surface area contributed by atoms with E-state index in [1.807, 2.05) is 41.1 Å². The van der Waals surface area contributed by atoms with Crippen LogP contribution in [0.25, 0.3) is 11.5 Å². The Labute approximate surface area is 160 Å².